The summed E-state index contributed by atoms with van der Waals surface area (Å²) in [5, 5.41) is 6.44. The predicted octanol–water partition coefficient (Wildman–Crippen LogP) is 5.14. The number of amides is 4. The maximum absolute atomic E-state index is 14.7. The predicted molar refractivity (Wildman–Crippen MR) is 227 cm³/mol. The van der Waals surface area contributed by atoms with Crippen molar-refractivity contribution in [1.29, 1.82) is 0 Å². The van der Waals surface area contributed by atoms with Crippen molar-refractivity contribution in [1.82, 2.24) is 25.2 Å². The molecule has 1 aromatic heterocycles. The molecule has 3 heterocycles. The van der Waals surface area contributed by atoms with Crippen LogP contribution in [0.5, 0.6) is 11.6 Å². The molecule has 4 aliphatic rings. The van der Waals surface area contributed by atoms with Crippen LogP contribution in [-0.2, 0) is 33.9 Å². The summed E-state index contributed by atoms with van der Waals surface area (Å²) in [6.45, 7) is 9.91. The van der Waals surface area contributed by atoms with Gasteiger partial charge < -0.3 is 39.4 Å². The molecule has 0 spiro atoms. The first kappa shape index (κ1) is 47.6. The van der Waals surface area contributed by atoms with Crippen molar-refractivity contribution >= 4 is 50.4 Å². The zero-order valence-corrected chi connectivity index (χ0v) is 37.6. The SMILES string of the molecule is CCCCC=CC1CC1(NC(=O)C1CC(Oc2nc(N3CCOCC3)cc3cc(OC)ccc23)CN1C(=O)C(NC(=O)OC(C)(C)C(F)(F)F)C(C)C)C(=O)NS(=O)(=O)C1(C)CC1. The summed E-state index contributed by atoms with van der Waals surface area (Å²) in [5.41, 5.74) is -4.56. The van der Waals surface area contributed by atoms with Crippen LogP contribution in [0.25, 0.3) is 10.8 Å². The first-order chi connectivity index (χ1) is 29.5. The number of alkyl halides is 3. The molecule has 2 aromatic rings. The zero-order valence-electron chi connectivity index (χ0n) is 36.8. The van der Waals surface area contributed by atoms with Crippen LogP contribution < -0.4 is 29.7 Å². The van der Waals surface area contributed by atoms with Gasteiger partial charge in [-0.2, -0.15) is 18.2 Å². The summed E-state index contributed by atoms with van der Waals surface area (Å²) in [5.74, 6) is -2.42. The molecule has 5 atom stereocenters. The van der Waals surface area contributed by atoms with Crippen LogP contribution in [0.4, 0.5) is 23.8 Å². The molecule has 2 aliphatic carbocycles. The van der Waals surface area contributed by atoms with Crippen molar-refractivity contribution in [2.24, 2.45) is 11.8 Å². The third-order valence-electron chi connectivity index (χ3n) is 12.4. The minimum atomic E-state index is -4.92. The Labute approximate surface area is 366 Å². The topological polar surface area (TPSA) is 195 Å². The van der Waals surface area contributed by atoms with E-state index in [1.807, 2.05) is 30.0 Å². The van der Waals surface area contributed by atoms with Gasteiger partial charge in [-0.3, -0.25) is 19.1 Å². The number of allylic oxidation sites excluding steroid dienone is 1. The quantitative estimate of drug-likeness (QED) is 0.140. The number of rotatable bonds is 17. The lowest BCUT2D eigenvalue weighted by molar-refractivity contribution is -0.244. The third kappa shape index (κ3) is 10.4. The number of benzene rings is 1. The summed E-state index contributed by atoms with van der Waals surface area (Å²) in [7, 11) is -2.56. The highest BCUT2D eigenvalue weighted by Crippen LogP contribution is 2.47. The Morgan fingerprint density at radius 1 is 1.10 bits per heavy atom. The molecule has 348 valence electrons. The summed E-state index contributed by atoms with van der Waals surface area (Å²) in [6, 6.07) is 4.41. The minimum absolute atomic E-state index is 0.0880. The van der Waals surface area contributed by atoms with Crippen LogP contribution in [0.15, 0.2) is 36.4 Å². The van der Waals surface area contributed by atoms with E-state index in [1.165, 1.54) is 11.8 Å². The van der Waals surface area contributed by atoms with Crippen molar-refractivity contribution in [3.8, 4) is 11.6 Å². The number of carbonyl (C=O) groups is 4. The van der Waals surface area contributed by atoms with Gasteiger partial charge in [-0.25, -0.2) is 13.2 Å². The van der Waals surface area contributed by atoms with E-state index < -0.39 is 85.9 Å². The van der Waals surface area contributed by atoms with Gasteiger partial charge in [0.1, 0.15) is 35.3 Å². The lowest BCUT2D eigenvalue weighted by Crippen LogP contribution is -2.59. The Bertz CT molecular complexity index is 2190. The Balaban J connectivity index is 1.33. The summed E-state index contributed by atoms with van der Waals surface area (Å²) in [4.78, 5) is 64.3. The van der Waals surface area contributed by atoms with E-state index in [9.17, 15) is 40.8 Å². The van der Waals surface area contributed by atoms with E-state index in [-0.39, 0.29) is 25.3 Å². The number of morpholine rings is 1. The molecule has 16 nitrogen and oxygen atoms in total. The Kier molecular flexibility index (Phi) is 13.9. The number of sulfonamides is 1. The van der Waals surface area contributed by atoms with Crippen molar-refractivity contribution in [2.75, 3.05) is 44.9 Å². The first-order valence-electron chi connectivity index (χ1n) is 21.4. The minimum Gasteiger partial charge on any atom is -0.497 e. The van der Waals surface area contributed by atoms with Gasteiger partial charge in [-0.15, -0.1) is 0 Å². The number of nitrogens with zero attached hydrogens (tertiary/aromatic N) is 3. The fourth-order valence-corrected chi connectivity index (χ4v) is 8.99. The number of halogens is 3. The number of unbranched alkanes of at least 4 members (excludes halogenated alkanes) is 2. The highest BCUT2D eigenvalue weighted by Gasteiger charge is 2.63. The van der Waals surface area contributed by atoms with E-state index in [4.69, 9.17) is 23.9 Å². The number of aromatic nitrogens is 1. The van der Waals surface area contributed by atoms with E-state index in [0.717, 1.165) is 18.2 Å². The highest BCUT2D eigenvalue weighted by molar-refractivity contribution is 7.91. The second-order valence-electron chi connectivity index (χ2n) is 17.9. The molecular weight excluding hydrogens is 850 g/mol. The summed E-state index contributed by atoms with van der Waals surface area (Å²) < 4.78 is 91.0. The smallest absolute Gasteiger partial charge is 0.427 e. The lowest BCUT2D eigenvalue weighted by Gasteiger charge is -2.32. The number of nitrogens with one attached hydrogen (secondary N) is 3. The van der Waals surface area contributed by atoms with Crippen molar-refractivity contribution in [2.45, 2.75) is 127 Å². The molecule has 0 radical (unpaired) electrons. The number of hydrogen-bond acceptors (Lipinski definition) is 12. The van der Waals surface area contributed by atoms with E-state index in [0.29, 0.717) is 76.4 Å². The number of fused-ring (bicyclic) bond motifs is 1. The van der Waals surface area contributed by atoms with E-state index >= 15 is 0 Å². The first-order valence-corrected chi connectivity index (χ1v) is 22.9. The number of hydrogen-bond donors (Lipinski definition) is 3. The molecule has 4 fully saturated rings. The molecule has 1 aromatic carbocycles. The molecule has 0 bridgehead atoms. The fraction of sp³-hybridized carbons (Fsp3) is 0.651. The van der Waals surface area contributed by atoms with Gasteiger partial charge in [0.15, 0.2) is 0 Å². The Morgan fingerprint density at radius 3 is 2.41 bits per heavy atom. The number of alkyl carbamates (subject to hydrolysis) is 1. The molecule has 2 saturated heterocycles. The zero-order chi connectivity index (χ0) is 46.1. The molecular formula is C43H59F3N6O10S. The number of pyridine rings is 1. The number of ether oxygens (including phenoxy) is 4. The second kappa shape index (κ2) is 18.3. The standard InChI is InChI=1S/C43H59F3N6O10S/c1-8-9-10-11-12-28-24-42(28,38(55)50-63(57,58)41(6)15-16-41)49-35(53)32-23-30(25-52(32)37(54)34(26(2)3)48-39(56)62-40(4,5)43(44,45)46)61-36-31-14-13-29(59-7)21-27(31)22-33(47-36)51-17-19-60-20-18-51/h11-14,21-22,26,28,30,32,34H,8-10,15-20,23-25H2,1-7H3,(H,48,56)(H,49,53)(H,50,55). The van der Waals surface area contributed by atoms with Gasteiger partial charge in [0.05, 0.1) is 31.6 Å². The Hall–Kier alpha value is -4.85. The maximum Gasteiger partial charge on any atom is 0.427 e. The van der Waals surface area contributed by atoms with E-state index in [2.05, 4.69) is 15.4 Å². The third-order valence-corrected chi connectivity index (χ3v) is 14.5. The number of likely N-dealkylation sites (tertiary alicyclic amines) is 1. The van der Waals surface area contributed by atoms with Gasteiger partial charge in [0.25, 0.3) is 5.91 Å². The number of anilines is 1. The molecule has 2 saturated carbocycles. The number of carbonyl (C=O) groups excluding carboxylic acids is 4. The summed E-state index contributed by atoms with van der Waals surface area (Å²) >= 11 is 0. The van der Waals surface area contributed by atoms with Crippen molar-refractivity contribution in [3.63, 3.8) is 0 Å². The van der Waals surface area contributed by atoms with Gasteiger partial charge in [-0.05, 0) is 82.0 Å². The molecule has 20 heteroatoms. The van der Waals surface area contributed by atoms with Crippen LogP contribution in [0.2, 0.25) is 0 Å². The molecule has 4 amide bonds. The van der Waals surface area contributed by atoms with Crippen LogP contribution in [0.1, 0.15) is 86.5 Å². The average Bonchev–Trinajstić information content (AvgIpc) is 4.11. The normalized spacial score (nSPS) is 24.0. The average molecular weight is 909 g/mol. The fourth-order valence-electron chi connectivity index (χ4n) is 7.68. The van der Waals surface area contributed by atoms with Gasteiger partial charge in [0.2, 0.25) is 33.3 Å². The highest BCUT2D eigenvalue weighted by atomic mass is 32.2. The monoisotopic (exact) mass is 908 g/mol. The molecule has 6 rings (SSSR count). The molecule has 3 N–H and O–H groups in total. The second-order valence-corrected chi connectivity index (χ2v) is 20.1. The molecule has 2 aliphatic heterocycles. The van der Waals surface area contributed by atoms with Crippen LogP contribution in [0, 0.1) is 11.8 Å². The Morgan fingerprint density at radius 2 is 1.79 bits per heavy atom. The van der Waals surface area contributed by atoms with Gasteiger partial charge in [-0.1, -0.05) is 45.8 Å². The van der Waals surface area contributed by atoms with Crippen LogP contribution in [0.3, 0.4) is 0 Å². The summed E-state index contributed by atoms with van der Waals surface area (Å²) in [6.07, 6.45) is -0.470. The molecule has 63 heavy (non-hydrogen) atoms. The van der Waals surface area contributed by atoms with Crippen LogP contribution >= 0.6 is 0 Å². The van der Waals surface area contributed by atoms with E-state index in [1.54, 1.807) is 39.2 Å². The largest absolute Gasteiger partial charge is 0.497 e. The van der Waals surface area contributed by atoms with Gasteiger partial charge >= 0.3 is 12.3 Å². The maximum atomic E-state index is 14.7. The van der Waals surface area contributed by atoms with Gasteiger partial charge in [0, 0.05) is 30.8 Å². The lowest BCUT2D eigenvalue weighted by atomic mass is 10.0. The van der Waals surface area contributed by atoms with Crippen molar-refractivity contribution < 1.29 is 59.7 Å². The van der Waals surface area contributed by atoms with Crippen molar-refractivity contribution in [3.05, 3.63) is 36.4 Å². The number of methoxy groups -OCH3 is 1. The molecule has 5 unspecified atom stereocenters. The van der Waals surface area contributed by atoms with Crippen LogP contribution in [-0.4, -0.2) is 122 Å².